The summed E-state index contributed by atoms with van der Waals surface area (Å²) in [5.41, 5.74) is -0.640. The Morgan fingerprint density at radius 2 is 1.88 bits per heavy atom. The van der Waals surface area contributed by atoms with E-state index in [0.717, 1.165) is 5.56 Å². The minimum atomic E-state index is -1.52. The van der Waals surface area contributed by atoms with E-state index < -0.39 is 35.5 Å². The highest BCUT2D eigenvalue weighted by atomic mass is 16.4. The quantitative estimate of drug-likeness (QED) is 0.764. The van der Waals surface area contributed by atoms with Crippen LogP contribution in [-0.4, -0.2) is 50.3 Å². The molecule has 2 unspecified atom stereocenters. The van der Waals surface area contributed by atoms with Gasteiger partial charge in [0.1, 0.15) is 5.54 Å². The van der Waals surface area contributed by atoms with Gasteiger partial charge in [0.25, 0.3) is 0 Å². The molecule has 1 fully saturated rings. The van der Waals surface area contributed by atoms with Crippen LogP contribution in [-0.2, 0) is 9.59 Å². The van der Waals surface area contributed by atoms with Crippen LogP contribution in [0.3, 0.4) is 0 Å². The first-order valence-corrected chi connectivity index (χ1v) is 8.75. The third-order valence-electron chi connectivity index (χ3n) is 5.56. The maximum atomic E-state index is 12.4. The largest absolute Gasteiger partial charge is 0.480 e. The predicted molar refractivity (Wildman–Crippen MR) is 95.5 cm³/mol. The lowest BCUT2D eigenvalue weighted by Crippen LogP contribution is -2.63. The number of benzene rings is 1. The van der Waals surface area contributed by atoms with Crippen LogP contribution < -0.4 is 0 Å². The molecule has 3 N–H and O–H groups in total. The van der Waals surface area contributed by atoms with E-state index in [4.69, 9.17) is 0 Å². The zero-order chi connectivity index (χ0) is 18.9. The van der Waals surface area contributed by atoms with Crippen molar-refractivity contribution in [2.24, 2.45) is 5.92 Å². The Balaban J connectivity index is 2.12. The molecule has 26 heavy (non-hydrogen) atoms. The molecular formula is C20H23NO5. The molecule has 4 atom stereocenters. The monoisotopic (exact) mass is 357 g/mol. The van der Waals surface area contributed by atoms with E-state index >= 15 is 0 Å². The fraction of sp³-hybridized carbons (Fsp3) is 0.400. The number of hydrogen-bond donors (Lipinski definition) is 3. The van der Waals surface area contributed by atoms with Crippen LogP contribution in [0.4, 0.5) is 0 Å². The standard InChI is InChI=1S/C20H23NO5/c1-13-15(18(23)24)9-5-11-20(13,19(25)26)21-12-6-10-16(22)17(21)14-7-3-2-4-8-14/h2-5,7-9,11,13,16-17,22H,6,10,12H2,1H3,(H,23,24)(H,25,26)/t13?,16-,17-,20?/m1/s1. The first-order valence-electron chi connectivity index (χ1n) is 8.75. The van der Waals surface area contributed by atoms with Gasteiger partial charge in [0, 0.05) is 18.0 Å². The van der Waals surface area contributed by atoms with Gasteiger partial charge in [-0.2, -0.15) is 0 Å². The molecule has 1 aromatic rings. The third kappa shape index (κ3) is 2.85. The van der Waals surface area contributed by atoms with Crippen molar-refractivity contribution in [2.75, 3.05) is 6.54 Å². The molecular weight excluding hydrogens is 334 g/mol. The molecule has 6 nitrogen and oxygen atoms in total. The number of hydrogen-bond acceptors (Lipinski definition) is 4. The summed E-state index contributed by atoms with van der Waals surface area (Å²) >= 11 is 0. The number of nitrogens with zero attached hydrogens (tertiary/aromatic N) is 1. The average Bonchev–Trinajstić information content (AvgIpc) is 2.62. The van der Waals surface area contributed by atoms with Crippen LogP contribution in [0.1, 0.15) is 31.4 Å². The number of likely N-dealkylation sites (tertiary alicyclic amines) is 1. The zero-order valence-electron chi connectivity index (χ0n) is 14.6. The fourth-order valence-electron chi connectivity index (χ4n) is 4.25. The molecule has 6 heteroatoms. The zero-order valence-corrected chi connectivity index (χ0v) is 14.6. The lowest BCUT2D eigenvalue weighted by molar-refractivity contribution is -0.157. The van der Waals surface area contributed by atoms with Gasteiger partial charge < -0.3 is 15.3 Å². The SMILES string of the molecule is CC1C(C(=O)O)=CC=CC1(C(=O)O)N1CCC[C@@H](O)[C@H]1c1ccccc1. The van der Waals surface area contributed by atoms with Crippen molar-refractivity contribution in [3.63, 3.8) is 0 Å². The second-order valence-corrected chi connectivity index (χ2v) is 6.90. The van der Waals surface area contributed by atoms with Crippen LogP contribution >= 0.6 is 0 Å². The Bertz CT molecular complexity index is 757. The Morgan fingerprint density at radius 3 is 2.50 bits per heavy atom. The van der Waals surface area contributed by atoms with Crippen LogP contribution in [0.25, 0.3) is 0 Å². The van der Waals surface area contributed by atoms with Crippen molar-refractivity contribution in [3.05, 3.63) is 59.7 Å². The van der Waals surface area contributed by atoms with E-state index in [1.807, 2.05) is 30.3 Å². The van der Waals surface area contributed by atoms with Crippen molar-refractivity contribution in [1.82, 2.24) is 4.90 Å². The Labute approximate surface area is 152 Å². The molecule has 1 aromatic carbocycles. The van der Waals surface area contributed by atoms with Crippen LogP contribution in [0.5, 0.6) is 0 Å². The maximum absolute atomic E-state index is 12.4. The second kappa shape index (κ2) is 7.05. The first kappa shape index (κ1) is 18.4. The molecule has 3 rings (SSSR count). The second-order valence-electron chi connectivity index (χ2n) is 6.90. The van der Waals surface area contributed by atoms with E-state index in [2.05, 4.69) is 0 Å². The molecule has 0 bridgehead atoms. The fourth-order valence-corrected chi connectivity index (χ4v) is 4.25. The topological polar surface area (TPSA) is 98.1 Å². The van der Waals surface area contributed by atoms with Crippen molar-refractivity contribution in [2.45, 2.75) is 37.5 Å². The first-order chi connectivity index (χ1) is 12.4. The summed E-state index contributed by atoms with van der Waals surface area (Å²) in [5.74, 6) is -3.00. The molecule has 1 aliphatic carbocycles. The number of carboxylic acid groups (broad SMARTS) is 2. The van der Waals surface area contributed by atoms with E-state index in [0.29, 0.717) is 19.4 Å². The normalized spacial score (nSPS) is 32.1. The van der Waals surface area contributed by atoms with Gasteiger partial charge in [0.15, 0.2) is 0 Å². The van der Waals surface area contributed by atoms with Crippen molar-refractivity contribution in [3.8, 4) is 0 Å². The average molecular weight is 357 g/mol. The lowest BCUT2D eigenvalue weighted by Gasteiger charge is -2.51. The van der Waals surface area contributed by atoms with Gasteiger partial charge in [-0.1, -0.05) is 55.5 Å². The number of rotatable bonds is 4. The number of allylic oxidation sites excluding steroid dienone is 2. The summed E-state index contributed by atoms with van der Waals surface area (Å²) in [7, 11) is 0. The van der Waals surface area contributed by atoms with E-state index in [-0.39, 0.29) is 5.57 Å². The van der Waals surface area contributed by atoms with Gasteiger partial charge in [0.2, 0.25) is 0 Å². The van der Waals surface area contributed by atoms with Crippen LogP contribution in [0.2, 0.25) is 0 Å². The van der Waals surface area contributed by atoms with Gasteiger partial charge in [-0.3, -0.25) is 4.90 Å². The molecule has 0 spiro atoms. The van der Waals surface area contributed by atoms with Gasteiger partial charge >= 0.3 is 11.9 Å². The van der Waals surface area contributed by atoms with Crippen molar-refractivity contribution < 1.29 is 24.9 Å². The molecule has 0 amide bonds. The van der Waals surface area contributed by atoms with Crippen molar-refractivity contribution >= 4 is 11.9 Å². The summed E-state index contributed by atoms with van der Waals surface area (Å²) in [4.78, 5) is 25.8. The van der Waals surface area contributed by atoms with E-state index in [9.17, 15) is 24.9 Å². The van der Waals surface area contributed by atoms with Gasteiger partial charge in [-0.05, 0) is 18.4 Å². The van der Waals surface area contributed by atoms with E-state index in [1.54, 1.807) is 17.9 Å². The highest BCUT2D eigenvalue weighted by Gasteiger charge is 2.54. The van der Waals surface area contributed by atoms with Gasteiger partial charge in [0.05, 0.1) is 12.1 Å². The maximum Gasteiger partial charge on any atom is 0.331 e. The minimum absolute atomic E-state index is 0.0572. The van der Waals surface area contributed by atoms with Crippen molar-refractivity contribution in [1.29, 1.82) is 0 Å². The summed E-state index contributed by atoms with van der Waals surface area (Å²) < 4.78 is 0. The Morgan fingerprint density at radius 1 is 1.19 bits per heavy atom. The van der Waals surface area contributed by atoms with Gasteiger partial charge in [-0.15, -0.1) is 0 Å². The molecule has 0 saturated carbocycles. The highest BCUT2D eigenvalue weighted by molar-refractivity contribution is 5.93. The number of carboxylic acids is 2. The molecule has 0 radical (unpaired) electrons. The van der Waals surface area contributed by atoms with Crippen LogP contribution in [0.15, 0.2) is 54.1 Å². The predicted octanol–water partition coefficient (Wildman–Crippen LogP) is 2.22. The Hall–Kier alpha value is -2.44. The summed E-state index contributed by atoms with van der Waals surface area (Å²) in [6.07, 6.45) is 5.01. The minimum Gasteiger partial charge on any atom is -0.480 e. The summed E-state index contributed by atoms with van der Waals surface area (Å²) in [6, 6.07) is 8.79. The summed E-state index contributed by atoms with van der Waals surface area (Å²) in [5, 5.41) is 30.4. The third-order valence-corrected chi connectivity index (χ3v) is 5.56. The smallest absolute Gasteiger partial charge is 0.331 e. The number of aliphatic carboxylic acids is 2. The van der Waals surface area contributed by atoms with E-state index in [1.165, 1.54) is 12.2 Å². The molecule has 0 aromatic heterocycles. The summed E-state index contributed by atoms with van der Waals surface area (Å²) in [6.45, 7) is 2.09. The number of carbonyl (C=O) groups is 2. The molecule has 1 aliphatic heterocycles. The lowest BCUT2D eigenvalue weighted by atomic mass is 9.73. The van der Waals surface area contributed by atoms with Crippen LogP contribution in [0, 0.1) is 5.92 Å². The molecule has 1 saturated heterocycles. The molecule has 138 valence electrons. The number of aliphatic hydroxyl groups excluding tert-OH is 1. The molecule has 1 heterocycles. The Kier molecular flexibility index (Phi) is 4.98. The number of piperidine rings is 1. The van der Waals surface area contributed by atoms with Gasteiger partial charge in [-0.25, -0.2) is 9.59 Å². The molecule has 2 aliphatic rings. The number of aliphatic hydroxyl groups is 1. The highest BCUT2D eigenvalue weighted by Crippen LogP contribution is 2.44.